The van der Waals surface area contributed by atoms with Gasteiger partial charge in [0, 0.05) is 17.0 Å². The van der Waals surface area contributed by atoms with Crippen molar-refractivity contribution in [3.05, 3.63) is 22.7 Å². The van der Waals surface area contributed by atoms with Gasteiger partial charge in [-0.25, -0.2) is 4.79 Å². The Labute approximate surface area is 92.1 Å². The summed E-state index contributed by atoms with van der Waals surface area (Å²) in [5.41, 5.74) is 1.57. The molecular formula is C10H10ClNO3. The molecule has 0 bridgehead atoms. The van der Waals surface area contributed by atoms with E-state index in [9.17, 15) is 4.79 Å². The number of hydrogen-bond donors (Lipinski definition) is 1. The molecule has 2 rings (SSSR count). The Morgan fingerprint density at radius 1 is 1.60 bits per heavy atom. The van der Waals surface area contributed by atoms with Crippen LogP contribution in [0.4, 0.5) is 10.5 Å². The van der Waals surface area contributed by atoms with E-state index in [2.05, 4.69) is 10.1 Å². The van der Waals surface area contributed by atoms with Crippen LogP contribution in [-0.2, 0) is 11.2 Å². The number of methoxy groups -OCH3 is 1. The number of nitrogens with one attached hydrogen (secondary N) is 1. The highest BCUT2D eigenvalue weighted by atomic mass is 35.5. The number of anilines is 1. The van der Waals surface area contributed by atoms with E-state index >= 15 is 0 Å². The Hall–Kier alpha value is -1.42. The third-order valence-corrected chi connectivity index (χ3v) is 2.39. The van der Waals surface area contributed by atoms with Crippen LogP contribution in [0.5, 0.6) is 5.75 Å². The molecule has 0 saturated heterocycles. The van der Waals surface area contributed by atoms with Crippen LogP contribution in [0.25, 0.3) is 0 Å². The number of benzene rings is 1. The highest BCUT2D eigenvalue weighted by Gasteiger charge is 2.18. The fourth-order valence-electron chi connectivity index (χ4n) is 1.52. The van der Waals surface area contributed by atoms with Gasteiger partial charge in [-0.05, 0) is 12.1 Å². The summed E-state index contributed by atoms with van der Waals surface area (Å²) in [5.74, 6) is 0.685. The molecule has 0 atom stereocenters. The molecule has 1 aromatic carbocycles. The minimum Gasteiger partial charge on any atom is -0.491 e. The maximum absolute atomic E-state index is 11.1. The van der Waals surface area contributed by atoms with Gasteiger partial charge in [0.25, 0.3) is 0 Å². The number of ether oxygens (including phenoxy) is 2. The molecule has 4 nitrogen and oxygen atoms in total. The van der Waals surface area contributed by atoms with E-state index in [1.54, 1.807) is 6.07 Å². The van der Waals surface area contributed by atoms with Crippen LogP contribution in [0.1, 0.15) is 5.56 Å². The lowest BCUT2D eigenvalue weighted by Crippen LogP contribution is -2.11. The first-order valence-electron chi connectivity index (χ1n) is 4.51. The van der Waals surface area contributed by atoms with Gasteiger partial charge in [0.15, 0.2) is 0 Å². The molecule has 80 valence electrons. The second kappa shape index (κ2) is 3.98. The molecule has 15 heavy (non-hydrogen) atoms. The van der Waals surface area contributed by atoms with Crippen LogP contribution >= 0.6 is 11.6 Å². The average Bonchev–Trinajstić information content (AvgIpc) is 2.65. The molecule has 0 aromatic heterocycles. The van der Waals surface area contributed by atoms with Crippen molar-refractivity contribution in [1.29, 1.82) is 0 Å². The van der Waals surface area contributed by atoms with Crippen LogP contribution in [0.15, 0.2) is 12.1 Å². The van der Waals surface area contributed by atoms with E-state index < -0.39 is 6.09 Å². The lowest BCUT2D eigenvalue weighted by atomic mass is 10.1. The van der Waals surface area contributed by atoms with Crippen LogP contribution in [0.3, 0.4) is 0 Å². The van der Waals surface area contributed by atoms with Crippen molar-refractivity contribution in [1.82, 2.24) is 0 Å². The van der Waals surface area contributed by atoms with E-state index in [0.29, 0.717) is 23.1 Å². The maximum atomic E-state index is 11.1. The minimum absolute atomic E-state index is 0.532. The summed E-state index contributed by atoms with van der Waals surface area (Å²) in [6.07, 6.45) is 0.279. The predicted octanol–water partition coefficient (Wildman–Crippen LogP) is 2.45. The van der Waals surface area contributed by atoms with E-state index in [0.717, 1.165) is 12.0 Å². The van der Waals surface area contributed by atoms with Crippen molar-refractivity contribution in [3.8, 4) is 5.75 Å². The fourth-order valence-corrected chi connectivity index (χ4v) is 1.76. The Morgan fingerprint density at radius 3 is 3.13 bits per heavy atom. The first-order chi connectivity index (χ1) is 7.20. The highest BCUT2D eigenvalue weighted by Crippen LogP contribution is 2.36. The summed E-state index contributed by atoms with van der Waals surface area (Å²) in [7, 11) is 1.31. The quantitative estimate of drug-likeness (QED) is 0.802. The number of amides is 1. The van der Waals surface area contributed by atoms with E-state index in [1.165, 1.54) is 7.11 Å². The molecule has 1 N–H and O–H groups in total. The summed E-state index contributed by atoms with van der Waals surface area (Å²) in [4.78, 5) is 11.1. The van der Waals surface area contributed by atoms with E-state index in [1.807, 2.05) is 6.07 Å². The molecule has 1 aliphatic heterocycles. The van der Waals surface area contributed by atoms with Crippen molar-refractivity contribution >= 4 is 23.4 Å². The van der Waals surface area contributed by atoms with E-state index in [4.69, 9.17) is 16.3 Å². The van der Waals surface area contributed by atoms with Crippen LogP contribution in [-0.4, -0.2) is 19.8 Å². The minimum atomic E-state index is -0.532. The second-order valence-corrected chi connectivity index (χ2v) is 3.59. The summed E-state index contributed by atoms with van der Waals surface area (Å²) in [6.45, 7) is 0.617. The Balaban J connectivity index is 2.34. The Kier molecular flexibility index (Phi) is 2.68. The summed E-state index contributed by atoms with van der Waals surface area (Å²) in [5, 5.41) is 3.14. The molecular weight excluding hydrogens is 218 g/mol. The monoisotopic (exact) mass is 227 g/mol. The molecule has 1 aromatic rings. The van der Waals surface area contributed by atoms with Crippen LogP contribution in [0.2, 0.25) is 5.02 Å². The Morgan fingerprint density at radius 2 is 2.40 bits per heavy atom. The van der Waals surface area contributed by atoms with E-state index in [-0.39, 0.29) is 0 Å². The first kappa shape index (κ1) is 10.1. The van der Waals surface area contributed by atoms with Crippen molar-refractivity contribution in [2.24, 2.45) is 0 Å². The normalized spacial score (nSPS) is 12.9. The number of carbonyl (C=O) groups is 1. The van der Waals surface area contributed by atoms with Crippen molar-refractivity contribution in [2.45, 2.75) is 6.42 Å². The molecule has 0 spiro atoms. The Bertz CT molecular complexity index is 406. The number of carbonyl (C=O) groups excluding carboxylic acids is 1. The van der Waals surface area contributed by atoms with Crippen molar-refractivity contribution in [3.63, 3.8) is 0 Å². The van der Waals surface area contributed by atoms with Crippen molar-refractivity contribution < 1.29 is 14.3 Å². The second-order valence-electron chi connectivity index (χ2n) is 3.16. The van der Waals surface area contributed by atoms with Gasteiger partial charge in [-0.2, -0.15) is 0 Å². The third-order valence-electron chi connectivity index (χ3n) is 2.17. The lowest BCUT2D eigenvalue weighted by molar-refractivity contribution is 0.186. The molecule has 0 aliphatic carbocycles. The van der Waals surface area contributed by atoms with Gasteiger partial charge in [0.2, 0.25) is 0 Å². The molecule has 0 fully saturated rings. The van der Waals surface area contributed by atoms with Gasteiger partial charge < -0.3 is 9.47 Å². The third kappa shape index (κ3) is 1.99. The topological polar surface area (TPSA) is 47.6 Å². The number of hydrogen-bond acceptors (Lipinski definition) is 3. The molecule has 1 aliphatic rings. The summed E-state index contributed by atoms with van der Waals surface area (Å²) >= 11 is 5.91. The fraction of sp³-hybridized carbons (Fsp3) is 0.300. The largest absolute Gasteiger partial charge is 0.491 e. The van der Waals surface area contributed by atoms with Gasteiger partial charge in [-0.1, -0.05) is 11.6 Å². The first-order valence-corrected chi connectivity index (χ1v) is 4.88. The molecule has 0 unspecified atom stereocenters. The molecule has 1 amide bonds. The standard InChI is InChI=1S/C10H10ClNO3/c1-14-10(13)12-8-5-7(11)4-6-2-3-15-9(6)8/h4-5H,2-3H2,1H3,(H,12,13). The zero-order valence-electron chi connectivity index (χ0n) is 8.17. The average molecular weight is 228 g/mol. The summed E-state index contributed by atoms with van der Waals surface area (Å²) < 4.78 is 9.91. The zero-order chi connectivity index (χ0) is 10.8. The van der Waals surface area contributed by atoms with Gasteiger partial charge in [-0.3, -0.25) is 5.32 Å². The van der Waals surface area contributed by atoms with Gasteiger partial charge >= 0.3 is 6.09 Å². The molecule has 0 saturated carbocycles. The molecule has 0 radical (unpaired) electrons. The zero-order valence-corrected chi connectivity index (χ0v) is 8.93. The number of fused-ring (bicyclic) bond motifs is 1. The lowest BCUT2D eigenvalue weighted by Gasteiger charge is -2.09. The maximum Gasteiger partial charge on any atom is 0.411 e. The molecule has 1 heterocycles. The van der Waals surface area contributed by atoms with Gasteiger partial charge in [0.1, 0.15) is 5.75 Å². The smallest absolute Gasteiger partial charge is 0.411 e. The van der Waals surface area contributed by atoms with Crippen LogP contribution < -0.4 is 10.1 Å². The SMILES string of the molecule is COC(=O)Nc1cc(Cl)cc2c1OCC2. The summed E-state index contributed by atoms with van der Waals surface area (Å²) in [6, 6.07) is 3.48. The van der Waals surface area contributed by atoms with Gasteiger partial charge in [0.05, 0.1) is 19.4 Å². The number of halogens is 1. The number of rotatable bonds is 1. The predicted molar refractivity (Wildman–Crippen MR) is 56.7 cm³/mol. The highest BCUT2D eigenvalue weighted by molar-refractivity contribution is 6.31. The van der Waals surface area contributed by atoms with Crippen molar-refractivity contribution in [2.75, 3.05) is 19.0 Å². The van der Waals surface area contributed by atoms with Crippen LogP contribution in [0, 0.1) is 0 Å². The van der Waals surface area contributed by atoms with Gasteiger partial charge in [-0.15, -0.1) is 0 Å². The molecule has 5 heteroatoms.